The molecule has 3 rings (SSSR count). The summed E-state index contributed by atoms with van der Waals surface area (Å²) in [7, 11) is 0. The highest BCUT2D eigenvalue weighted by molar-refractivity contribution is 7.09. The summed E-state index contributed by atoms with van der Waals surface area (Å²) >= 11 is 1.69. The first-order chi connectivity index (χ1) is 9.29. The van der Waals surface area contributed by atoms with Crippen molar-refractivity contribution in [3.8, 4) is 0 Å². The molecule has 5 heteroatoms. The van der Waals surface area contributed by atoms with Crippen molar-refractivity contribution >= 4 is 11.3 Å². The molecule has 1 aliphatic carbocycles. The van der Waals surface area contributed by atoms with Gasteiger partial charge in [-0.05, 0) is 20.3 Å². The molecule has 0 amide bonds. The van der Waals surface area contributed by atoms with E-state index in [4.69, 9.17) is 10.5 Å². The highest BCUT2D eigenvalue weighted by Crippen LogP contribution is 2.57. The lowest BCUT2D eigenvalue weighted by molar-refractivity contribution is -0.154. The third-order valence-corrected chi connectivity index (χ3v) is 6.55. The summed E-state index contributed by atoms with van der Waals surface area (Å²) in [4.78, 5) is 4.43. The molecule has 0 radical (unpaired) electrons. The van der Waals surface area contributed by atoms with Crippen molar-refractivity contribution < 1.29 is 4.74 Å². The molecule has 1 saturated heterocycles. The van der Waals surface area contributed by atoms with Crippen LogP contribution in [0, 0.1) is 11.3 Å². The Balaban J connectivity index is 1.72. The molecule has 20 heavy (non-hydrogen) atoms. The van der Waals surface area contributed by atoms with Crippen molar-refractivity contribution in [1.29, 1.82) is 0 Å². The number of hydrogen-bond acceptors (Lipinski definition) is 5. The number of ether oxygens (including phenoxy) is 1. The molecule has 1 aliphatic heterocycles. The SMILES string of the molecule is CC(C)(NCC1(N)C2CCOC2C1(C)C)c1nccs1. The zero-order valence-corrected chi connectivity index (χ0v) is 13.6. The molecule has 2 heterocycles. The minimum atomic E-state index is -0.192. The van der Waals surface area contributed by atoms with Crippen LogP contribution in [-0.4, -0.2) is 29.8 Å². The number of hydrogen-bond donors (Lipinski definition) is 2. The Hall–Kier alpha value is -0.490. The summed E-state index contributed by atoms with van der Waals surface area (Å²) in [6, 6.07) is 0. The monoisotopic (exact) mass is 295 g/mol. The molecule has 0 aromatic carbocycles. The maximum Gasteiger partial charge on any atom is 0.112 e. The fraction of sp³-hybridized carbons (Fsp3) is 0.800. The molecule has 4 nitrogen and oxygen atoms in total. The average Bonchev–Trinajstić information content (AvgIpc) is 3.05. The van der Waals surface area contributed by atoms with Crippen LogP contribution < -0.4 is 11.1 Å². The van der Waals surface area contributed by atoms with Gasteiger partial charge >= 0.3 is 0 Å². The van der Waals surface area contributed by atoms with Gasteiger partial charge in [-0.1, -0.05) is 13.8 Å². The van der Waals surface area contributed by atoms with E-state index in [9.17, 15) is 0 Å². The molecule has 1 saturated carbocycles. The summed E-state index contributed by atoms with van der Waals surface area (Å²) in [5.74, 6) is 0.483. The second-order valence-electron chi connectivity index (χ2n) is 7.26. The number of nitrogens with two attached hydrogens (primary N) is 1. The summed E-state index contributed by atoms with van der Waals surface area (Å²) in [6.07, 6.45) is 3.27. The molecule has 3 unspecified atom stereocenters. The molecule has 3 atom stereocenters. The van der Waals surface area contributed by atoms with Crippen LogP contribution in [0.3, 0.4) is 0 Å². The number of nitrogens with zero attached hydrogens (tertiary/aromatic N) is 1. The van der Waals surface area contributed by atoms with Crippen molar-refractivity contribution in [2.45, 2.75) is 51.3 Å². The quantitative estimate of drug-likeness (QED) is 0.893. The number of aromatic nitrogens is 1. The molecule has 2 aliphatic rings. The third-order valence-electron chi connectivity index (χ3n) is 5.45. The van der Waals surface area contributed by atoms with Crippen molar-refractivity contribution in [3.05, 3.63) is 16.6 Å². The zero-order chi connectivity index (χ0) is 14.6. The first-order valence-corrected chi connectivity index (χ1v) is 8.22. The van der Waals surface area contributed by atoms with Gasteiger partial charge in [-0.25, -0.2) is 4.98 Å². The van der Waals surface area contributed by atoms with E-state index in [0.717, 1.165) is 24.6 Å². The van der Waals surface area contributed by atoms with Crippen LogP contribution in [0.25, 0.3) is 0 Å². The third kappa shape index (κ3) is 1.87. The van der Waals surface area contributed by atoms with Crippen LogP contribution in [-0.2, 0) is 10.3 Å². The van der Waals surface area contributed by atoms with Crippen LogP contribution in [0.15, 0.2) is 11.6 Å². The maximum atomic E-state index is 6.77. The van der Waals surface area contributed by atoms with E-state index in [1.54, 1.807) is 11.3 Å². The second-order valence-corrected chi connectivity index (χ2v) is 8.16. The predicted molar refractivity (Wildman–Crippen MR) is 81.7 cm³/mol. The second kappa shape index (κ2) is 4.50. The van der Waals surface area contributed by atoms with Gasteiger partial charge in [-0.3, -0.25) is 0 Å². The van der Waals surface area contributed by atoms with Crippen LogP contribution >= 0.6 is 11.3 Å². The van der Waals surface area contributed by atoms with Gasteiger partial charge < -0.3 is 15.8 Å². The van der Waals surface area contributed by atoms with E-state index in [1.807, 2.05) is 11.6 Å². The fourth-order valence-electron chi connectivity index (χ4n) is 3.81. The van der Waals surface area contributed by atoms with Gasteiger partial charge in [0.2, 0.25) is 0 Å². The number of rotatable bonds is 4. The number of nitrogens with one attached hydrogen (secondary N) is 1. The highest BCUT2D eigenvalue weighted by atomic mass is 32.1. The molecule has 3 N–H and O–H groups in total. The minimum Gasteiger partial charge on any atom is -0.377 e. The Morgan fingerprint density at radius 3 is 2.95 bits per heavy atom. The van der Waals surface area contributed by atoms with Gasteiger partial charge in [0.1, 0.15) is 5.01 Å². The maximum absolute atomic E-state index is 6.77. The molecule has 112 valence electrons. The highest BCUT2D eigenvalue weighted by Gasteiger charge is 2.67. The van der Waals surface area contributed by atoms with Crippen molar-refractivity contribution in [3.63, 3.8) is 0 Å². The summed E-state index contributed by atoms with van der Waals surface area (Å²) < 4.78 is 5.85. The Morgan fingerprint density at radius 2 is 2.30 bits per heavy atom. The summed E-state index contributed by atoms with van der Waals surface area (Å²) in [5.41, 5.74) is 6.47. The standard InChI is InChI=1S/C15H25N3OS/c1-13(2)11-10(5-7-19-11)15(13,16)9-18-14(3,4)12-17-6-8-20-12/h6,8,10-11,18H,5,7,9,16H2,1-4H3. The first kappa shape index (κ1) is 14.4. The zero-order valence-electron chi connectivity index (χ0n) is 12.8. The lowest BCUT2D eigenvalue weighted by Crippen LogP contribution is -2.78. The fourth-order valence-corrected chi connectivity index (χ4v) is 4.55. The van der Waals surface area contributed by atoms with Crippen molar-refractivity contribution in [1.82, 2.24) is 10.3 Å². The van der Waals surface area contributed by atoms with Gasteiger partial charge in [0.05, 0.1) is 11.6 Å². The topological polar surface area (TPSA) is 60.2 Å². The van der Waals surface area contributed by atoms with E-state index in [2.05, 4.69) is 38.0 Å². The van der Waals surface area contributed by atoms with E-state index in [0.29, 0.717) is 12.0 Å². The summed E-state index contributed by atoms with van der Waals surface area (Å²) in [6.45, 7) is 10.5. The van der Waals surface area contributed by atoms with Crippen LogP contribution in [0.5, 0.6) is 0 Å². The Kier molecular flexibility index (Phi) is 3.25. The molecule has 1 aromatic heterocycles. The Morgan fingerprint density at radius 1 is 1.55 bits per heavy atom. The number of fused-ring (bicyclic) bond motifs is 1. The normalized spacial score (nSPS) is 35.6. The van der Waals surface area contributed by atoms with E-state index >= 15 is 0 Å². The molecule has 2 fully saturated rings. The lowest BCUT2D eigenvalue weighted by atomic mass is 9.48. The van der Waals surface area contributed by atoms with Crippen molar-refractivity contribution in [2.75, 3.05) is 13.2 Å². The summed E-state index contributed by atoms with van der Waals surface area (Å²) in [5, 5.41) is 6.77. The van der Waals surface area contributed by atoms with Gasteiger partial charge in [0, 0.05) is 41.6 Å². The van der Waals surface area contributed by atoms with Gasteiger partial charge in [-0.15, -0.1) is 11.3 Å². The van der Waals surface area contributed by atoms with Gasteiger partial charge in [0.25, 0.3) is 0 Å². The van der Waals surface area contributed by atoms with Crippen LogP contribution in [0.1, 0.15) is 39.1 Å². The lowest BCUT2D eigenvalue weighted by Gasteiger charge is -2.63. The number of thiazole rings is 1. The molecule has 1 aromatic rings. The molecule has 0 spiro atoms. The average molecular weight is 295 g/mol. The van der Waals surface area contributed by atoms with Crippen molar-refractivity contribution in [2.24, 2.45) is 17.1 Å². The first-order valence-electron chi connectivity index (χ1n) is 7.34. The smallest absolute Gasteiger partial charge is 0.112 e. The van der Waals surface area contributed by atoms with Crippen LogP contribution in [0.4, 0.5) is 0 Å². The van der Waals surface area contributed by atoms with E-state index in [1.165, 1.54) is 0 Å². The van der Waals surface area contributed by atoms with Gasteiger partial charge in [-0.2, -0.15) is 0 Å². The van der Waals surface area contributed by atoms with E-state index < -0.39 is 0 Å². The Bertz CT molecular complexity index is 485. The van der Waals surface area contributed by atoms with E-state index in [-0.39, 0.29) is 16.5 Å². The molecular formula is C15H25N3OS. The molecular weight excluding hydrogens is 270 g/mol. The predicted octanol–water partition coefficient (Wildman–Crippen LogP) is 2.11. The van der Waals surface area contributed by atoms with Crippen LogP contribution in [0.2, 0.25) is 0 Å². The molecule has 0 bridgehead atoms. The Labute approximate surface area is 125 Å². The minimum absolute atomic E-state index is 0.0279. The van der Waals surface area contributed by atoms with Gasteiger partial charge in [0.15, 0.2) is 0 Å². The largest absolute Gasteiger partial charge is 0.377 e.